The third-order valence-electron chi connectivity index (χ3n) is 4.08. The lowest BCUT2D eigenvalue weighted by atomic mass is 9.86. The van der Waals surface area contributed by atoms with Crippen LogP contribution in [-0.2, 0) is 16.6 Å². The predicted octanol–water partition coefficient (Wildman–Crippen LogP) is 4.46. The number of rotatable bonds is 6. The lowest BCUT2D eigenvalue weighted by Crippen LogP contribution is -2.20. The molecule has 0 unspecified atom stereocenters. The van der Waals surface area contributed by atoms with Crippen molar-refractivity contribution in [1.82, 2.24) is 5.43 Å². The number of nitrogens with one attached hydrogen (secondary N) is 1. The van der Waals surface area contributed by atoms with Gasteiger partial charge in [-0.3, -0.25) is 4.79 Å². The molecule has 0 spiro atoms. The molecule has 2 aromatic rings. The minimum atomic E-state index is -0.179. The molecule has 2 aromatic carbocycles. The first-order chi connectivity index (χ1) is 12.7. The van der Waals surface area contributed by atoms with E-state index in [0.29, 0.717) is 11.5 Å². The number of hydrazone groups is 1. The molecule has 0 fully saturated rings. The topological polar surface area (TPSA) is 59.9 Å². The van der Waals surface area contributed by atoms with Crippen molar-refractivity contribution in [2.45, 2.75) is 32.6 Å². The maximum atomic E-state index is 12.1. The molecule has 1 amide bonds. The summed E-state index contributed by atoms with van der Waals surface area (Å²) in [5.74, 6) is 1.08. The molecule has 27 heavy (non-hydrogen) atoms. The minimum Gasteiger partial charge on any atom is -0.496 e. The first kappa shape index (κ1) is 21.0. The van der Waals surface area contributed by atoms with Crippen molar-refractivity contribution in [2.24, 2.45) is 5.10 Å². The van der Waals surface area contributed by atoms with Crippen molar-refractivity contribution in [3.8, 4) is 11.5 Å². The number of carbonyl (C=O) groups is 1. The summed E-state index contributed by atoms with van der Waals surface area (Å²) in [5.41, 5.74) is 5.55. The molecule has 0 aliphatic rings. The van der Waals surface area contributed by atoms with Crippen LogP contribution in [0.3, 0.4) is 0 Å². The second-order valence-electron chi connectivity index (χ2n) is 7.15. The Morgan fingerprint density at radius 1 is 1.11 bits per heavy atom. The largest absolute Gasteiger partial charge is 0.496 e. The molecular weight excluding hydrogens is 408 g/mol. The monoisotopic (exact) mass is 432 g/mol. The van der Waals surface area contributed by atoms with Crippen LogP contribution in [0.4, 0.5) is 0 Å². The Labute approximate surface area is 168 Å². The zero-order valence-electron chi connectivity index (χ0n) is 16.3. The van der Waals surface area contributed by atoms with Gasteiger partial charge in [0.15, 0.2) is 0 Å². The van der Waals surface area contributed by atoms with Gasteiger partial charge in [0, 0.05) is 11.6 Å². The molecule has 0 heterocycles. The summed E-state index contributed by atoms with van der Waals surface area (Å²) >= 11 is 3.43. The van der Waals surface area contributed by atoms with Crippen LogP contribution in [0.5, 0.6) is 11.5 Å². The summed E-state index contributed by atoms with van der Waals surface area (Å²) in [4.78, 5) is 12.1. The van der Waals surface area contributed by atoms with Gasteiger partial charge in [-0.1, -0.05) is 45.0 Å². The number of hydrogen-bond donors (Lipinski definition) is 1. The van der Waals surface area contributed by atoms with Gasteiger partial charge in [0.05, 0.1) is 31.3 Å². The number of benzene rings is 2. The third-order valence-corrected chi connectivity index (χ3v) is 4.70. The van der Waals surface area contributed by atoms with E-state index in [0.717, 1.165) is 15.6 Å². The van der Waals surface area contributed by atoms with Crippen molar-refractivity contribution in [1.29, 1.82) is 0 Å². The van der Waals surface area contributed by atoms with Gasteiger partial charge in [0.2, 0.25) is 5.91 Å². The molecule has 0 bridgehead atoms. The van der Waals surface area contributed by atoms with Crippen LogP contribution >= 0.6 is 15.9 Å². The second kappa shape index (κ2) is 9.04. The third kappa shape index (κ3) is 5.82. The fourth-order valence-electron chi connectivity index (χ4n) is 2.51. The highest BCUT2D eigenvalue weighted by Crippen LogP contribution is 2.31. The van der Waals surface area contributed by atoms with Crippen molar-refractivity contribution < 1.29 is 14.3 Å². The standard InChI is InChI=1S/C21H25BrN2O3/c1-21(2,3)16-8-6-14(7-9-16)10-20(25)24-23-13-15-11-17(22)19(27-5)12-18(15)26-4/h6-9,11-13H,10H2,1-5H3,(H,24,25)/b23-13-. The van der Waals surface area contributed by atoms with Crippen molar-refractivity contribution in [2.75, 3.05) is 14.2 Å². The zero-order chi connectivity index (χ0) is 20.0. The van der Waals surface area contributed by atoms with Crippen LogP contribution in [0, 0.1) is 0 Å². The molecule has 1 N–H and O–H groups in total. The highest BCUT2D eigenvalue weighted by Gasteiger charge is 2.13. The second-order valence-corrected chi connectivity index (χ2v) is 8.00. The molecule has 0 saturated heterocycles. The van der Waals surface area contributed by atoms with Crippen LogP contribution < -0.4 is 14.9 Å². The average molecular weight is 433 g/mol. The smallest absolute Gasteiger partial charge is 0.244 e. The van der Waals surface area contributed by atoms with Crippen molar-refractivity contribution >= 4 is 28.1 Å². The van der Waals surface area contributed by atoms with E-state index in [1.807, 2.05) is 18.2 Å². The number of methoxy groups -OCH3 is 2. The fourth-order valence-corrected chi connectivity index (χ4v) is 3.03. The van der Waals surface area contributed by atoms with E-state index in [9.17, 15) is 4.79 Å². The maximum absolute atomic E-state index is 12.1. The SMILES string of the molecule is COc1cc(OC)c(/C=N\NC(=O)Cc2ccc(C(C)(C)C)cc2)cc1Br. The fraction of sp³-hybridized carbons (Fsp3) is 0.333. The Balaban J connectivity index is 2.00. The Morgan fingerprint density at radius 2 is 1.74 bits per heavy atom. The normalized spacial score (nSPS) is 11.5. The van der Waals surface area contributed by atoms with Crippen LogP contribution in [-0.4, -0.2) is 26.3 Å². The van der Waals surface area contributed by atoms with Gasteiger partial charge >= 0.3 is 0 Å². The number of ether oxygens (including phenoxy) is 2. The Morgan fingerprint density at radius 3 is 2.30 bits per heavy atom. The van der Waals surface area contributed by atoms with Crippen LogP contribution in [0.15, 0.2) is 46.0 Å². The summed E-state index contributed by atoms with van der Waals surface area (Å²) in [6.07, 6.45) is 1.81. The molecular formula is C21H25BrN2O3. The first-order valence-corrected chi connectivity index (χ1v) is 9.36. The molecule has 0 aliphatic heterocycles. The Kier molecular flexibility index (Phi) is 7.02. The number of carbonyl (C=O) groups excluding carboxylic acids is 1. The summed E-state index contributed by atoms with van der Waals surface area (Å²) in [6, 6.07) is 11.7. The maximum Gasteiger partial charge on any atom is 0.244 e. The summed E-state index contributed by atoms with van der Waals surface area (Å²) in [6.45, 7) is 6.49. The van der Waals surface area contributed by atoms with Crippen molar-refractivity contribution in [3.63, 3.8) is 0 Å². The van der Waals surface area contributed by atoms with Gasteiger partial charge in [-0.05, 0) is 38.5 Å². The quantitative estimate of drug-likeness (QED) is 0.541. The average Bonchev–Trinajstić information content (AvgIpc) is 2.61. The number of hydrogen-bond acceptors (Lipinski definition) is 4. The van der Waals surface area contributed by atoms with Crippen molar-refractivity contribution in [3.05, 3.63) is 57.6 Å². The van der Waals surface area contributed by atoms with E-state index >= 15 is 0 Å². The van der Waals surface area contributed by atoms with E-state index in [2.05, 4.69) is 59.4 Å². The van der Waals surface area contributed by atoms with Crippen LogP contribution in [0.2, 0.25) is 0 Å². The van der Waals surface area contributed by atoms with E-state index in [4.69, 9.17) is 9.47 Å². The highest BCUT2D eigenvalue weighted by molar-refractivity contribution is 9.10. The Bertz CT molecular complexity index is 825. The number of amides is 1. The number of nitrogens with zero attached hydrogens (tertiary/aromatic N) is 1. The minimum absolute atomic E-state index is 0.0940. The van der Waals surface area contributed by atoms with Gasteiger partial charge in [0.25, 0.3) is 0 Å². The van der Waals surface area contributed by atoms with Crippen LogP contribution in [0.25, 0.3) is 0 Å². The van der Waals surface area contributed by atoms with Gasteiger partial charge in [-0.2, -0.15) is 5.10 Å². The number of halogens is 1. The van der Waals surface area contributed by atoms with Gasteiger partial charge in [-0.25, -0.2) is 5.43 Å². The lowest BCUT2D eigenvalue weighted by Gasteiger charge is -2.19. The van der Waals surface area contributed by atoms with Gasteiger partial charge < -0.3 is 9.47 Å². The zero-order valence-corrected chi connectivity index (χ0v) is 17.9. The van der Waals surface area contributed by atoms with E-state index in [-0.39, 0.29) is 17.7 Å². The molecule has 0 radical (unpaired) electrons. The van der Waals surface area contributed by atoms with Gasteiger partial charge in [-0.15, -0.1) is 0 Å². The van der Waals surface area contributed by atoms with Gasteiger partial charge in [0.1, 0.15) is 11.5 Å². The summed E-state index contributed by atoms with van der Waals surface area (Å²) in [7, 11) is 3.15. The predicted molar refractivity (Wildman–Crippen MR) is 112 cm³/mol. The molecule has 144 valence electrons. The molecule has 6 heteroatoms. The highest BCUT2D eigenvalue weighted by atomic mass is 79.9. The molecule has 0 aromatic heterocycles. The Hall–Kier alpha value is -2.34. The summed E-state index contributed by atoms with van der Waals surface area (Å²) in [5, 5.41) is 4.03. The first-order valence-electron chi connectivity index (χ1n) is 8.57. The molecule has 2 rings (SSSR count). The van der Waals surface area contributed by atoms with E-state index in [1.165, 1.54) is 5.56 Å². The molecule has 5 nitrogen and oxygen atoms in total. The molecule has 0 aliphatic carbocycles. The summed E-state index contributed by atoms with van der Waals surface area (Å²) < 4.78 is 11.3. The van der Waals surface area contributed by atoms with E-state index < -0.39 is 0 Å². The lowest BCUT2D eigenvalue weighted by molar-refractivity contribution is -0.120. The van der Waals surface area contributed by atoms with E-state index in [1.54, 1.807) is 26.5 Å². The molecule has 0 saturated carbocycles. The molecule has 0 atom stereocenters. The van der Waals surface area contributed by atoms with Crippen LogP contribution in [0.1, 0.15) is 37.5 Å².